The highest BCUT2D eigenvalue weighted by Crippen LogP contribution is 2.55. The van der Waals surface area contributed by atoms with Gasteiger partial charge in [0.15, 0.2) is 11.7 Å². The van der Waals surface area contributed by atoms with Crippen molar-refractivity contribution in [2.45, 2.75) is 10.9 Å². The van der Waals surface area contributed by atoms with Crippen LogP contribution >= 0.6 is 27.5 Å². The predicted molar refractivity (Wildman–Crippen MR) is 73.8 cm³/mol. The molecule has 0 amide bonds. The van der Waals surface area contributed by atoms with Crippen LogP contribution in [0.1, 0.15) is 5.56 Å². The normalized spacial score (nSPS) is 30.5. The van der Waals surface area contributed by atoms with Crippen LogP contribution in [0.2, 0.25) is 0 Å². The zero-order valence-corrected chi connectivity index (χ0v) is 13.1. The van der Waals surface area contributed by atoms with Gasteiger partial charge >= 0.3 is 10.9 Å². The molecule has 1 aliphatic carbocycles. The number of ether oxygens (including phenoxy) is 1. The Kier molecular flexibility index (Phi) is 3.68. The standard InChI is InChI=1S/C13H4BrClF5NO2/c14-6-3-1-5(2-4-6)11-21-23-13(22-11)10(19)8(17)7(16)9(18)12(13,15)20/h1-4H. The van der Waals surface area contributed by atoms with Gasteiger partial charge in [-0.3, -0.25) is 0 Å². The van der Waals surface area contributed by atoms with E-state index in [0.29, 0.717) is 4.47 Å². The number of alkyl halides is 2. The Morgan fingerprint density at radius 3 is 2.17 bits per heavy atom. The first-order chi connectivity index (χ1) is 10.7. The number of allylic oxidation sites excluding steroid dienone is 2. The van der Waals surface area contributed by atoms with Crippen molar-refractivity contribution in [2.75, 3.05) is 0 Å². The molecule has 1 aromatic carbocycles. The first-order valence-corrected chi connectivity index (χ1v) is 7.08. The molecule has 2 aliphatic rings. The van der Waals surface area contributed by atoms with Gasteiger partial charge in [-0.05, 0) is 29.4 Å². The summed E-state index contributed by atoms with van der Waals surface area (Å²) in [6.07, 6.45) is 0. The Labute approximate surface area is 139 Å². The quantitative estimate of drug-likeness (QED) is 0.473. The molecule has 0 fully saturated rings. The minimum Gasteiger partial charge on any atom is -0.420 e. The van der Waals surface area contributed by atoms with Gasteiger partial charge in [-0.15, -0.1) is 0 Å². The van der Waals surface area contributed by atoms with E-state index in [9.17, 15) is 22.0 Å². The van der Waals surface area contributed by atoms with Crippen molar-refractivity contribution in [2.24, 2.45) is 5.16 Å². The minimum atomic E-state index is -3.99. The largest absolute Gasteiger partial charge is 0.420 e. The molecule has 1 aromatic rings. The molecule has 1 aliphatic heterocycles. The van der Waals surface area contributed by atoms with Crippen molar-refractivity contribution in [3.05, 3.63) is 57.6 Å². The summed E-state index contributed by atoms with van der Waals surface area (Å²) in [5, 5.41) is -0.734. The van der Waals surface area contributed by atoms with Crippen molar-refractivity contribution in [1.29, 1.82) is 0 Å². The molecule has 1 spiro atoms. The summed E-state index contributed by atoms with van der Waals surface area (Å²) >= 11 is 8.37. The van der Waals surface area contributed by atoms with Crippen molar-refractivity contribution < 1.29 is 31.5 Å². The topological polar surface area (TPSA) is 30.8 Å². The minimum absolute atomic E-state index is 0.182. The highest BCUT2D eigenvalue weighted by Gasteiger charge is 2.71. The van der Waals surface area contributed by atoms with Gasteiger partial charge in [0.1, 0.15) is 0 Å². The second-order valence-corrected chi connectivity index (χ2v) is 5.98. The fourth-order valence-corrected chi connectivity index (χ4v) is 2.45. The van der Waals surface area contributed by atoms with Crippen LogP contribution < -0.4 is 0 Å². The summed E-state index contributed by atoms with van der Waals surface area (Å²) in [4.78, 5) is 4.43. The Balaban J connectivity index is 2.04. The highest BCUT2D eigenvalue weighted by atomic mass is 79.9. The maximum atomic E-state index is 14.4. The molecular weight excluding hydrogens is 412 g/mol. The van der Waals surface area contributed by atoms with Crippen LogP contribution in [0, 0.1) is 0 Å². The Bertz CT molecular complexity index is 777. The molecule has 122 valence electrons. The third kappa shape index (κ3) is 2.17. The summed E-state index contributed by atoms with van der Waals surface area (Å²) in [5.41, 5.74) is 0.182. The number of benzene rings is 1. The van der Waals surface area contributed by atoms with Gasteiger partial charge in [-0.2, -0.15) is 4.39 Å². The van der Waals surface area contributed by atoms with Crippen LogP contribution in [0.3, 0.4) is 0 Å². The molecular formula is C13H4BrClF5NO2. The molecule has 0 saturated heterocycles. The smallest absolute Gasteiger partial charge is 0.388 e. The van der Waals surface area contributed by atoms with Crippen LogP contribution in [-0.2, 0) is 9.57 Å². The van der Waals surface area contributed by atoms with E-state index in [1.165, 1.54) is 12.1 Å². The Morgan fingerprint density at radius 1 is 1.00 bits per heavy atom. The number of hydrogen-bond donors (Lipinski definition) is 0. The molecule has 1 heterocycles. The van der Waals surface area contributed by atoms with Gasteiger partial charge in [-0.1, -0.05) is 27.5 Å². The average Bonchev–Trinajstić information content (AvgIpc) is 2.98. The molecule has 0 aromatic heterocycles. The molecule has 0 N–H and O–H groups in total. The van der Waals surface area contributed by atoms with Crippen LogP contribution in [0.5, 0.6) is 0 Å². The van der Waals surface area contributed by atoms with Crippen LogP contribution in [0.25, 0.3) is 0 Å². The van der Waals surface area contributed by atoms with E-state index in [4.69, 9.17) is 16.3 Å². The molecule has 23 heavy (non-hydrogen) atoms. The van der Waals surface area contributed by atoms with Gasteiger partial charge in [0.05, 0.1) is 0 Å². The van der Waals surface area contributed by atoms with Crippen molar-refractivity contribution in [3.8, 4) is 0 Å². The molecule has 2 unspecified atom stereocenters. The van der Waals surface area contributed by atoms with Gasteiger partial charge < -0.3 is 9.57 Å². The van der Waals surface area contributed by atoms with Crippen molar-refractivity contribution >= 4 is 33.4 Å². The lowest BCUT2D eigenvalue weighted by Gasteiger charge is -2.34. The van der Waals surface area contributed by atoms with Gasteiger partial charge in [0.2, 0.25) is 11.7 Å². The molecule has 0 bridgehead atoms. The number of rotatable bonds is 1. The van der Waals surface area contributed by atoms with E-state index in [-0.39, 0.29) is 5.56 Å². The van der Waals surface area contributed by atoms with E-state index >= 15 is 0 Å². The number of halogens is 7. The summed E-state index contributed by atoms with van der Waals surface area (Å²) in [6.45, 7) is 0. The third-order valence-corrected chi connectivity index (χ3v) is 4.09. The van der Waals surface area contributed by atoms with Crippen LogP contribution in [0.15, 0.2) is 57.2 Å². The Morgan fingerprint density at radius 2 is 1.57 bits per heavy atom. The zero-order valence-electron chi connectivity index (χ0n) is 10.7. The lowest BCUT2D eigenvalue weighted by molar-refractivity contribution is -0.198. The maximum absolute atomic E-state index is 14.4. The fraction of sp³-hybridized carbons (Fsp3) is 0.154. The average molecular weight is 417 g/mol. The highest BCUT2D eigenvalue weighted by molar-refractivity contribution is 9.10. The van der Waals surface area contributed by atoms with Crippen molar-refractivity contribution in [3.63, 3.8) is 0 Å². The van der Waals surface area contributed by atoms with E-state index in [1.54, 1.807) is 12.1 Å². The van der Waals surface area contributed by atoms with Gasteiger partial charge in [0.25, 0.3) is 5.90 Å². The number of oxime groups is 1. The van der Waals surface area contributed by atoms with Crippen LogP contribution in [0.4, 0.5) is 22.0 Å². The summed E-state index contributed by atoms with van der Waals surface area (Å²) < 4.78 is 74.1. The summed E-state index contributed by atoms with van der Waals surface area (Å²) in [7, 11) is 0. The van der Waals surface area contributed by atoms with Crippen LogP contribution in [-0.4, -0.2) is 16.8 Å². The fourth-order valence-electron chi connectivity index (χ4n) is 1.95. The molecule has 3 rings (SSSR count). The predicted octanol–water partition coefficient (Wildman–Crippen LogP) is 5.07. The van der Waals surface area contributed by atoms with Gasteiger partial charge in [-0.25, -0.2) is 17.6 Å². The van der Waals surface area contributed by atoms with E-state index < -0.39 is 40.1 Å². The molecule has 3 nitrogen and oxygen atoms in total. The SMILES string of the molecule is FC1=C(F)C(F)(Cl)C2(ON=C(c3ccc(Br)cc3)O2)C(F)=C1F. The molecule has 0 radical (unpaired) electrons. The lowest BCUT2D eigenvalue weighted by atomic mass is 10.0. The zero-order chi connectivity index (χ0) is 17.0. The number of nitrogens with zero attached hydrogens (tertiary/aromatic N) is 1. The monoisotopic (exact) mass is 415 g/mol. The number of hydrogen-bond acceptors (Lipinski definition) is 3. The Hall–Kier alpha value is -1.61. The second kappa shape index (κ2) is 5.20. The third-order valence-electron chi connectivity index (χ3n) is 3.14. The van der Waals surface area contributed by atoms with E-state index in [0.717, 1.165) is 0 Å². The molecule has 2 atom stereocenters. The second-order valence-electron chi connectivity index (χ2n) is 4.54. The first kappa shape index (κ1) is 16.3. The first-order valence-electron chi connectivity index (χ1n) is 5.91. The lowest BCUT2D eigenvalue weighted by Crippen LogP contribution is -2.53. The summed E-state index contributed by atoms with van der Waals surface area (Å²) in [6, 6.07) is 5.94. The molecule has 0 saturated carbocycles. The van der Waals surface area contributed by atoms with E-state index in [1.807, 2.05) is 0 Å². The maximum Gasteiger partial charge on any atom is 0.388 e. The van der Waals surface area contributed by atoms with Crippen molar-refractivity contribution in [1.82, 2.24) is 0 Å². The molecule has 10 heteroatoms. The van der Waals surface area contributed by atoms with Gasteiger partial charge in [0, 0.05) is 10.0 Å². The summed E-state index contributed by atoms with van der Waals surface area (Å²) in [5.74, 6) is -13.3. The van der Waals surface area contributed by atoms with E-state index in [2.05, 4.69) is 25.9 Å².